The van der Waals surface area contributed by atoms with Gasteiger partial charge in [0, 0.05) is 18.2 Å². The predicted molar refractivity (Wildman–Crippen MR) is 66.0 cm³/mol. The Bertz CT molecular complexity index is 390. The van der Waals surface area contributed by atoms with Crippen molar-refractivity contribution in [3.63, 3.8) is 0 Å². The Morgan fingerprint density at radius 2 is 2.00 bits per heavy atom. The first kappa shape index (κ1) is 14.6. The van der Waals surface area contributed by atoms with Gasteiger partial charge in [-0.25, -0.2) is 8.78 Å². The quantitative estimate of drug-likeness (QED) is 0.814. The van der Waals surface area contributed by atoms with Crippen LogP contribution in [0.15, 0.2) is 18.2 Å². The normalized spacial score (nSPS) is 12.2. The molecule has 1 aromatic carbocycles. The lowest BCUT2D eigenvalue weighted by molar-refractivity contribution is -0.121. The Balaban J connectivity index is 2.64. The first-order valence-electron chi connectivity index (χ1n) is 6.00. The summed E-state index contributed by atoms with van der Waals surface area (Å²) in [6, 6.07) is 3.40. The summed E-state index contributed by atoms with van der Waals surface area (Å²) in [6.07, 6.45) is 1.33. The molecule has 0 aliphatic rings. The lowest BCUT2D eigenvalue weighted by atomic mass is 10.1. The Labute approximate surface area is 105 Å². The van der Waals surface area contributed by atoms with Crippen molar-refractivity contribution in [1.82, 2.24) is 5.32 Å². The van der Waals surface area contributed by atoms with Crippen molar-refractivity contribution in [2.24, 2.45) is 5.73 Å². The van der Waals surface area contributed by atoms with Crippen molar-refractivity contribution < 1.29 is 13.6 Å². The van der Waals surface area contributed by atoms with Crippen LogP contribution in [0, 0.1) is 11.6 Å². The number of nitrogens with two attached hydrogens (primary N) is 1. The maximum absolute atomic E-state index is 13.3. The molecular formula is C13H18F2N2O. The van der Waals surface area contributed by atoms with Crippen molar-refractivity contribution in [1.29, 1.82) is 0 Å². The summed E-state index contributed by atoms with van der Waals surface area (Å²) in [5.74, 6) is -1.82. The molecule has 1 aromatic rings. The van der Waals surface area contributed by atoms with Crippen molar-refractivity contribution in [3.8, 4) is 0 Å². The van der Waals surface area contributed by atoms with E-state index in [1.54, 1.807) is 0 Å². The van der Waals surface area contributed by atoms with E-state index in [4.69, 9.17) is 5.73 Å². The number of amides is 1. The summed E-state index contributed by atoms with van der Waals surface area (Å²) in [5.41, 5.74) is 5.29. The van der Waals surface area contributed by atoms with Crippen molar-refractivity contribution >= 4 is 5.91 Å². The Morgan fingerprint density at radius 3 is 2.50 bits per heavy atom. The van der Waals surface area contributed by atoms with Gasteiger partial charge >= 0.3 is 0 Å². The van der Waals surface area contributed by atoms with E-state index in [1.807, 2.05) is 6.92 Å². The molecule has 0 bridgehead atoms. The van der Waals surface area contributed by atoms with Gasteiger partial charge in [0.1, 0.15) is 11.6 Å². The zero-order valence-electron chi connectivity index (χ0n) is 10.4. The highest BCUT2D eigenvalue weighted by molar-refractivity contribution is 5.79. The van der Waals surface area contributed by atoms with Crippen LogP contribution in [0.25, 0.3) is 0 Å². The summed E-state index contributed by atoms with van der Waals surface area (Å²) >= 11 is 0. The number of hydrogen-bond donors (Lipinski definition) is 2. The van der Waals surface area contributed by atoms with Gasteiger partial charge in [0.05, 0.1) is 6.42 Å². The minimum Gasteiger partial charge on any atom is -0.352 e. The Kier molecular flexibility index (Phi) is 5.71. The van der Waals surface area contributed by atoms with Crippen molar-refractivity contribution in [2.45, 2.75) is 32.2 Å². The van der Waals surface area contributed by atoms with E-state index in [0.29, 0.717) is 6.54 Å². The van der Waals surface area contributed by atoms with E-state index in [-0.39, 0.29) is 18.0 Å². The van der Waals surface area contributed by atoms with Crippen LogP contribution in [0.4, 0.5) is 8.78 Å². The van der Waals surface area contributed by atoms with E-state index in [9.17, 15) is 13.6 Å². The van der Waals surface area contributed by atoms with E-state index in [1.165, 1.54) is 6.07 Å². The maximum atomic E-state index is 13.3. The molecule has 0 fully saturated rings. The number of hydrogen-bond acceptors (Lipinski definition) is 2. The molecule has 0 spiro atoms. The maximum Gasteiger partial charge on any atom is 0.224 e. The number of carbonyl (C=O) groups is 1. The van der Waals surface area contributed by atoms with Gasteiger partial charge in [-0.05, 0) is 18.6 Å². The molecule has 3 nitrogen and oxygen atoms in total. The highest BCUT2D eigenvalue weighted by atomic mass is 19.1. The van der Waals surface area contributed by atoms with Gasteiger partial charge in [-0.3, -0.25) is 4.79 Å². The second kappa shape index (κ2) is 7.06. The summed E-state index contributed by atoms with van der Waals surface area (Å²) < 4.78 is 26.7. The van der Waals surface area contributed by atoms with Crippen molar-refractivity contribution in [3.05, 3.63) is 35.4 Å². The van der Waals surface area contributed by atoms with Gasteiger partial charge in [0.2, 0.25) is 5.91 Å². The second-order valence-corrected chi connectivity index (χ2v) is 4.17. The molecule has 1 amide bonds. The molecule has 100 valence electrons. The fraction of sp³-hybridized carbons (Fsp3) is 0.462. The molecule has 1 atom stereocenters. The third kappa shape index (κ3) is 4.07. The summed E-state index contributed by atoms with van der Waals surface area (Å²) in [7, 11) is 0. The molecule has 0 aliphatic carbocycles. The zero-order chi connectivity index (χ0) is 13.5. The number of nitrogens with one attached hydrogen (secondary N) is 1. The molecule has 5 heteroatoms. The van der Waals surface area contributed by atoms with Gasteiger partial charge in [0.15, 0.2) is 0 Å². The van der Waals surface area contributed by atoms with Gasteiger partial charge < -0.3 is 11.1 Å². The van der Waals surface area contributed by atoms with Crippen LogP contribution in [-0.4, -0.2) is 18.5 Å². The lowest BCUT2D eigenvalue weighted by Crippen LogP contribution is -2.41. The predicted octanol–water partition coefficient (Wildman–Crippen LogP) is 1.75. The first-order chi connectivity index (χ1) is 8.58. The molecule has 1 unspecified atom stereocenters. The number of carbonyl (C=O) groups excluding carboxylic acids is 1. The van der Waals surface area contributed by atoms with E-state index in [0.717, 1.165) is 25.0 Å². The third-order valence-corrected chi connectivity index (χ3v) is 2.69. The topological polar surface area (TPSA) is 55.1 Å². The van der Waals surface area contributed by atoms with E-state index < -0.39 is 17.5 Å². The van der Waals surface area contributed by atoms with E-state index >= 15 is 0 Å². The molecule has 0 saturated heterocycles. The molecule has 3 N–H and O–H groups in total. The molecule has 0 aliphatic heterocycles. The van der Waals surface area contributed by atoms with Gasteiger partial charge in [-0.1, -0.05) is 19.4 Å². The first-order valence-corrected chi connectivity index (χ1v) is 6.00. The van der Waals surface area contributed by atoms with Gasteiger partial charge in [-0.2, -0.15) is 0 Å². The zero-order valence-corrected chi connectivity index (χ0v) is 10.4. The molecule has 0 saturated carbocycles. The molecule has 0 heterocycles. The monoisotopic (exact) mass is 256 g/mol. The Morgan fingerprint density at radius 1 is 1.39 bits per heavy atom. The summed E-state index contributed by atoms with van der Waals surface area (Å²) in [6.45, 7) is 2.30. The highest BCUT2D eigenvalue weighted by Crippen LogP contribution is 2.12. The molecular weight excluding hydrogens is 238 g/mol. The van der Waals surface area contributed by atoms with Gasteiger partial charge in [0.25, 0.3) is 0 Å². The average Bonchev–Trinajstić information content (AvgIpc) is 2.33. The summed E-state index contributed by atoms with van der Waals surface area (Å²) in [4.78, 5) is 11.7. The standard InChI is InChI=1S/C13H18F2N2O/c1-2-4-9(8-16)17-13(18)7-10-11(14)5-3-6-12(10)15/h3,5-6,9H,2,4,7-8,16H2,1H3,(H,17,18). The minimum atomic E-state index is -0.704. The molecule has 0 aromatic heterocycles. The number of rotatable bonds is 6. The van der Waals surface area contributed by atoms with E-state index in [2.05, 4.69) is 5.32 Å². The number of benzene rings is 1. The summed E-state index contributed by atoms with van der Waals surface area (Å²) in [5, 5.41) is 2.67. The van der Waals surface area contributed by atoms with Crippen LogP contribution in [-0.2, 0) is 11.2 Å². The highest BCUT2D eigenvalue weighted by Gasteiger charge is 2.15. The minimum absolute atomic E-state index is 0.141. The van der Waals surface area contributed by atoms with Crippen LogP contribution in [0.1, 0.15) is 25.3 Å². The Hall–Kier alpha value is -1.49. The molecule has 18 heavy (non-hydrogen) atoms. The third-order valence-electron chi connectivity index (χ3n) is 2.69. The number of halogens is 2. The average molecular weight is 256 g/mol. The van der Waals surface area contributed by atoms with Gasteiger partial charge in [-0.15, -0.1) is 0 Å². The smallest absolute Gasteiger partial charge is 0.224 e. The fourth-order valence-corrected chi connectivity index (χ4v) is 1.74. The molecule has 0 radical (unpaired) electrons. The fourth-order valence-electron chi connectivity index (χ4n) is 1.74. The SMILES string of the molecule is CCCC(CN)NC(=O)Cc1c(F)cccc1F. The van der Waals surface area contributed by atoms with Crippen molar-refractivity contribution in [2.75, 3.05) is 6.54 Å². The van der Waals surface area contributed by atoms with Crippen LogP contribution in [0.5, 0.6) is 0 Å². The van der Waals surface area contributed by atoms with Crippen LogP contribution < -0.4 is 11.1 Å². The van der Waals surface area contributed by atoms with Crippen LogP contribution in [0.3, 0.4) is 0 Å². The second-order valence-electron chi connectivity index (χ2n) is 4.17. The largest absolute Gasteiger partial charge is 0.352 e. The lowest BCUT2D eigenvalue weighted by Gasteiger charge is -2.16. The van der Waals surface area contributed by atoms with Crippen LogP contribution >= 0.6 is 0 Å². The molecule has 1 rings (SSSR count). The van der Waals surface area contributed by atoms with Crippen LogP contribution in [0.2, 0.25) is 0 Å².